The second-order valence-corrected chi connectivity index (χ2v) is 7.70. The van der Waals surface area contributed by atoms with E-state index in [1.165, 1.54) is 12.1 Å². The maximum atomic E-state index is 13.7. The normalized spacial score (nSPS) is 14.9. The van der Waals surface area contributed by atoms with Gasteiger partial charge in [-0.15, -0.1) is 0 Å². The Morgan fingerprint density at radius 3 is 2.56 bits per heavy atom. The lowest BCUT2D eigenvalue weighted by atomic mass is 9.91. The van der Waals surface area contributed by atoms with E-state index in [1.54, 1.807) is 53.3 Å². The Morgan fingerprint density at radius 1 is 1.19 bits per heavy atom. The molecule has 2 aromatic carbocycles. The van der Waals surface area contributed by atoms with Gasteiger partial charge in [0, 0.05) is 25.1 Å². The SMILES string of the molecule is N#Cc1ccc(Cn2ccc(NC(=O)Cc3ccc(OC4CC(F)(F)C4)cc3)n2)cc1F. The average Bonchev–Trinajstić information content (AvgIpc) is 3.14. The minimum atomic E-state index is -2.63. The molecule has 6 nitrogen and oxygen atoms in total. The van der Waals surface area contributed by atoms with Gasteiger partial charge in [-0.25, -0.2) is 13.2 Å². The predicted octanol–water partition coefficient (Wildman–Crippen LogP) is 4.30. The van der Waals surface area contributed by atoms with E-state index in [0.29, 0.717) is 17.1 Å². The fourth-order valence-electron chi connectivity index (χ4n) is 3.39. The van der Waals surface area contributed by atoms with Crippen molar-refractivity contribution in [3.63, 3.8) is 0 Å². The van der Waals surface area contributed by atoms with Gasteiger partial charge < -0.3 is 10.1 Å². The second kappa shape index (κ2) is 8.75. The number of benzene rings is 2. The summed E-state index contributed by atoms with van der Waals surface area (Å²) in [6, 6.07) is 14.5. The van der Waals surface area contributed by atoms with Gasteiger partial charge in [-0.1, -0.05) is 18.2 Å². The fraction of sp³-hybridized carbons (Fsp3) is 0.261. The van der Waals surface area contributed by atoms with Gasteiger partial charge in [0.25, 0.3) is 5.92 Å². The van der Waals surface area contributed by atoms with Crippen molar-refractivity contribution in [3.8, 4) is 11.8 Å². The van der Waals surface area contributed by atoms with E-state index >= 15 is 0 Å². The minimum absolute atomic E-state index is 0.0219. The summed E-state index contributed by atoms with van der Waals surface area (Å²) < 4.78 is 46.5. The summed E-state index contributed by atoms with van der Waals surface area (Å²) >= 11 is 0. The van der Waals surface area contributed by atoms with Crippen LogP contribution in [0.2, 0.25) is 0 Å². The molecule has 0 saturated heterocycles. The quantitative estimate of drug-likeness (QED) is 0.594. The van der Waals surface area contributed by atoms with Crippen molar-refractivity contribution < 1.29 is 22.7 Å². The average molecular weight is 440 g/mol. The lowest BCUT2D eigenvalue weighted by molar-refractivity contribution is -0.134. The van der Waals surface area contributed by atoms with Gasteiger partial charge in [-0.05, 0) is 35.4 Å². The van der Waals surface area contributed by atoms with Crippen molar-refractivity contribution in [1.29, 1.82) is 5.26 Å². The predicted molar refractivity (Wildman–Crippen MR) is 110 cm³/mol. The molecule has 1 heterocycles. The van der Waals surface area contributed by atoms with Crippen molar-refractivity contribution in [2.75, 3.05) is 5.32 Å². The van der Waals surface area contributed by atoms with Crippen molar-refractivity contribution in [2.45, 2.75) is 37.8 Å². The number of nitriles is 1. The number of nitrogens with zero attached hydrogens (tertiary/aromatic N) is 3. The Labute approximate surface area is 182 Å². The number of alkyl halides is 2. The molecule has 0 atom stereocenters. The molecule has 0 unspecified atom stereocenters. The van der Waals surface area contributed by atoms with Gasteiger partial charge >= 0.3 is 0 Å². The summed E-state index contributed by atoms with van der Waals surface area (Å²) in [4.78, 5) is 12.3. The lowest BCUT2D eigenvalue weighted by Gasteiger charge is -2.34. The topological polar surface area (TPSA) is 79.9 Å². The summed E-state index contributed by atoms with van der Waals surface area (Å²) in [6.07, 6.45) is 0.737. The highest BCUT2D eigenvalue weighted by Crippen LogP contribution is 2.39. The van der Waals surface area contributed by atoms with Crippen LogP contribution >= 0.6 is 0 Å². The summed E-state index contributed by atoms with van der Waals surface area (Å²) in [5.74, 6) is -2.64. The summed E-state index contributed by atoms with van der Waals surface area (Å²) in [5.41, 5.74) is 1.35. The number of hydrogen-bond acceptors (Lipinski definition) is 4. The first-order chi connectivity index (χ1) is 15.3. The van der Waals surface area contributed by atoms with Gasteiger partial charge in [0.2, 0.25) is 5.91 Å². The molecule has 0 bridgehead atoms. The van der Waals surface area contributed by atoms with E-state index in [4.69, 9.17) is 10.00 Å². The second-order valence-electron chi connectivity index (χ2n) is 7.70. The Hall–Kier alpha value is -3.80. The third kappa shape index (κ3) is 5.27. The monoisotopic (exact) mass is 440 g/mol. The molecule has 0 radical (unpaired) electrons. The molecule has 1 aliphatic rings. The third-order valence-corrected chi connectivity index (χ3v) is 5.05. The molecule has 164 valence electrons. The van der Waals surface area contributed by atoms with Crippen LogP contribution in [0.5, 0.6) is 5.75 Å². The zero-order valence-electron chi connectivity index (χ0n) is 16.9. The molecule has 4 rings (SSSR count). The van der Waals surface area contributed by atoms with Crippen LogP contribution in [0.4, 0.5) is 19.0 Å². The first-order valence-corrected chi connectivity index (χ1v) is 9.95. The van der Waals surface area contributed by atoms with Gasteiger partial charge in [0.05, 0.1) is 18.5 Å². The zero-order valence-corrected chi connectivity index (χ0v) is 16.9. The summed E-state index contributed by atoms with van der Waals surface area (Å²) in [5, 5.41) is 15.7. The van der Waals surface area contributed by atoms with E-state index < -0.39 is 17.8 Å². The van der Waals surface area contributed by atoms with Crippen LogP contribution in [0.15, 0.2) is 54.7 Å². The summed E-state index contributed by atoms with van der Waals surface area (Å²) in [6.45, 7) is 0.285. The molecule has 1 saturated carbocycles. The molecule has 9 heteroatoms. The maximum absolute atomic E-state index is 13.7. The number of aromatic nitrogens is 2. The van der Waals surface area contributed by atoms with Crippen LogP contribution in [-0.4, -0.2) is 27.7 Å². The molecule has 0 spiro atoms. The van der Waals surface area contributed by atoms with Crippen molar-refractivity contribution in [3.05, 3.63) is 77.2 Å². The van der Waals surface area contributed by atoms with Gasteiger partial charge in [-0.3, -0.25) is 9.48 Å². The van der Waals surface area contributed by atoms with Crippen LogP contribution in [0.3, 0.4) is 0 Å². The van der Waals surface area contributed by atoms with E-state index in [-0.39, 0.29) is 37.3 Å². The van der Waals surface area contributed by atoms with Crippen LogP contribution in [0, 0.1) is 17.1 Å². The van der Waals surface area contributed by atoms with Crippen LogP contribution in [0.1, 0.15) is 29.5 Å². The largest absolute Gasteiger partial charge is 0.490 e. The Balaban J connectivity index is 1.28. The first kappa shape index (κ1) is 21.4. The first-order valence-electron chi connectivity index (χ1n) is 9.95. The molecular formula is C23H19F3N4O2. The molecule has 1 amide bonds. The van der Waals surface area contributed by atoms with Crippen molar-refractivity contribution >= 4 is 11.7 Å². The van der Waals surface area contributed by atoms with Crippen LogP contribution in [-0.2, 0) is 17.8 Å². The molecule has 1 N–H and O–H groups in total. The van der Waals surface area contributed by atoms with E-state index in [9.17, 15) is 18.0 Å². The number of halogens is 3. The number of carbonyl (C=O) groups excluding carboxylic acids is 1. The van der Waals surface area contributed by atoms with E-state index in [0.717, 1.165) is 5.56 Å². The zero-order chi connectivity index (χ0) is 22.7. The van der Waals surface area contributed by atoms with E-state index in [2.05, 4.69) is 10.4 Å². The fourth-order valence-corrected chi connectivity index (χ4v) is 3.39. The number of amides is 1. The smallest absolute Gasteiger partial charge is 0.255 e. The van der Waals surface area contributed by atoms with Crippen molar-refractivity contribution in [1.82, 2.24) is 9.78 Å². The highest BCUT2D eigenvalue weighted by molar-refractivity contribution is 5.91. The molecule has 1 aliphatic carbocycles. The van der Waals surface area contributed by atoms with E-state index in [1.807, 2.05) is 0 Å². The Morgan fingerprint density at radius 2 is 1.91 bits per heavy atom. The van der Waals surface area contributed by atoms with Crippen LogP contribution in [0.25, 0.3) is 0 Å². The number of rotatable bonds is 7. The van der Waals surface area contributed by atoms with Gasteiger partial charge in [0.15, 0.2) is 5.82 Å². The number of hydrogen-bond donors (Lipinski definition) is 1. The van der Waals surface area contributed by atoms with Gasteiger partial charge in [0.1, 0.15) is 23.7 Å². The summed E-state index contributed by atoms with van der Waals surface area (Å²) in [7, 11) is 0. The highest BCUT2D eigenvalue weighted by Gasteiger charge is 2.46. The Kier molecular flexibility index (Phi) is 5.86. The van der Waals surface area contributed by atoms with Crippen LogP contribution < -0.4 is 10.1 Å². The van der Waals surface area contributed by atoms with Gasteiger partial charge in [-0.2, -0.15) is 10.4 Å². The third-order valence-electron chi connectivity index (χ3n) is 5.05. The number of ether oxygens (including phenoxy) is 1. The number of anilines is 1. The molecular weight excluding hydrogens is 421 g/mol. The molecule has 32 heavy (non-hydrogen) atoms. The highest BCUT2D eigenvalue weighted by atomic mass is 19.3. The Bertz CT molecular complexity index is 1160. The molecule has 3 aromatic rings. The maximum Gasteiger partial charge on any atom is 0.255 e. The molecule has 1 aromatic heterocycles. The molecule has 1 fully saturated rings. The standard InChI is InChI=1S/C23H19F3N4O2/c24-20-9-16(1-4-17(20)13-27)14-30-8-7-21(29-30)28-22(31)10-15-2-5-18(6-3-15)32-19-11-23(25,26)12-19/h1-9,19H,10-12,14H2,(H,28,29,31). The van der Waals surface area contributed by atoms with Crippen molar-refractivity contribution in [2.24, 2.45) is 0 Å². The minimum Gasteiger partial charge on any atom is -0.490 e. The number of nitrogens with one attached hydrogen (secondary N) is 1. The lowest BCUT2D eigenvalue weighted by Crippen LogP contribution is -2.43. The molecule has 0 aliphatic heterocycles. The number of carbonyl (C=O) groups is 1.